The SMILES string of the molecule is CCCc1[nH]c(C2=Nc3cc(-c4cc(F)c(O)cc4CC)ccc32)nc1CC. The summed E-state index contributed by atoms with van der Waals surface area (Å²) < 4.78 is 13.9. The minimum atomic E-state index is -0.606. The van der Waals surface area contributed by atoms with Crippen LogP contribution in [0.4, 0.5) is 10.1 Å². The number of fused-ring (bicyclic) bond motifs is 1. The number of aromatic hydroxyl groups is 1. The van der Waals surface area contributed by atoms with Crippen LogP contribution in [0.1, 0.15) is 55.5 Å². The second-order valence-electron chi connectivity index (χ2n) is 7.12. The number of aromatic amines is 1. The van der Waals surface area contributed by atoms with E-state index in [9.17, 15) is 9.50 Å². The summed E-state index contributed by atoms with van der Waals surface area (Å²) in [7, 11) is 0. The monoisotopic (exact) mass is 377 g/mol. The third kappa shape index (κ3) is 3.01. The number of phenols is 1. The molecule has 3 aromatic rings. The van der Waals surface area contributed by atoms with Crippen molar-refractivity contribution in [3.8, 4) is 16.9 Å². The number of halogens is 1. The number of H-pyrrole nitrogens is 1. The first-order valence-electron chi connectivity index (χ1n) is 9.88. The van der Waals surface area contributed by atoms with E-state index in [2.05, 4.69) is 23.8 Å². The number of aliphatic imine (C=N–C) groups is 1. The van der Waals surface area contributed by atoms with E-state index in [4.69, 9.17) is 4.98 Å². The van der Waals surface area contributed by atoms with Crippen LogP contribution in [-0.4, -0.2) is 20.8 Å². The first-order valence-corrected chi connectivity index (χ1v) is 9.88. The van der Waals surface area contributed by atoms with Gasteiger partial charge in [-0.05, 0) is 60.2 Å². The van der Waals surface area contributed by atoms with Crippen LogP contribution in [0.5, 0.6) is 5.75 Å². The van der Waals surface area contributed by atoms with Gasteiger partial charge in [0.1, 0.15) is 5.71 Å². The Labute approximate surface area is 164 Å². The maximum absolute atomic E-state index is 13.9. The number of nitrogens with zero attached hydrogens (tertiary/aromatic N) is 2. The van der Waals surface area contributed by atoms with Crippen LogP contribution in [0, 0.1) is 5.82 Å². The molecule has 0 saturated carbocycles. The van der Waals surface area contributed by atoms with E-state index in [1.807, 2.05) is 25.1 Å². The van der Waals surface area contributed by atoms with E-state index < -0.39 is 5.82 Å². The number of nitrogens with one attached hydrogen (secondary N) is 1. The fourth-order valence-electron chi connectivity index (χ4n) is 3.77. The number of aryl methyl sites for hydroxylation is 3. The fraction of sp³-hybridized carbons (Fsp3) is 0.304. The highest BCUT2D eigenvalue weighted by molar-refractivity contribution is 6.20. The summed E-state index contributed by atoms with van der Waals surface area (Å²) in [5, 5.41) is 9.65. The molecule has 28 heavy (non-hydrogen) atoms. The first-order chi connectivity index (χ1) is 13.5. The van der Waals surface area contributed by atoms with Crippen molar-refractivity contribution in [3.05, 3.63) is 64.5 Å². The third-order valence-electron chi connectivity index (χ3n) is 5.27. The average Bonchev–Trinajstić information content (AvgIpc) is 3.07. The predicted molar refractivity (Wildman–Crippen MR) is 110 cm³/mol. The highest BCUT2D eigenvalue weighted by Crippen LogP contribution is 2.38. The molecule has 4 nitrogen and oxygen atoms in total. The maximum Gasteiger partial charge on any atom is 0.165 e. The first kappa shape index (κ1) is 18.4. The summed E-state index contributed by atoms with van der Waals surface area (Å²) in [5.41, 5.74) is 7.72. The molecule has 4 rings (SSSR count). The molecule has 0 radical (unpaired) electrons. The standard InChI is InChI=1S/C23H24FN3O/c1-4-7-19-18(6-3)26-23(27-19)22-15-9-8-14(10-20(15)25-22)16-12-17(24)21(28)11-13(16)5-2/h8-12,28H,4-7H2,1-3H3,(H,26,27). The third-order valence-corrected chi connectivity index (χ3v) is 5.27. The van der Waals surface area contributed by atoms with Crippen LogP contribution in [0.2, 0.25) is 0 Å². The van der Waals surface area contributed by atoms with Gasteiger partial charge in [0.2, 0.25) is 0 Å². The Morgan fingerprint density at radius 3 is 2.54 bits per heavy atom. The largest absolute Gasteiger partial charge is 0.505 e. The maximum atomic E-state index is 13.9. The quantitative estimate of drug-likeness (QED) is 0.467. The topological polar surface area (TPSA) is 61.3 Å². The number of phenolic OH excluding ortho intramolecular Hbond substituents is 1. The molecule has 1 aliphatic heterocycles. The van der Waals surface area contributed by atoms with Crippen molar-refractivity contribution >= 4 is 11.4 Å². The Morgan fingerprint density at radius 2 is 1.86 bits per heavy atom. The summed E-state index contributed by atoms with van der Waals surface area (Å²) in [6.07, 6.45) is 3.67. The van der Waals surface area contributed by atoms with Crippen LogP contribution >= 0.6 is 0 Å². The molecule has 2 N–H and O–H groups in total. The molecule has 144 valence electrons. The number of hydrogen-bond donors (Lipinski definition) is 2. The second-order valence-corrected chi connectivity index (χ2v) is 7.12. The summed E-state index contributed by atoms with van der Waals surface area (Å²) in [4.78, 5) is 12.8. The van der Waals surface area contributed by atoms with Crippen molar-refractivity contribution in [2.75, 3.05) is 0 Å². The Hall–Kier alpha value is -2.95. The molecule has 0 unspecified atom stereocenters. The van der Waals surface area contributed by atoms with Crippen LogP contribution in [0.3, 0.4) is 0 Å². The number of benzene rings is 2. The molecule has 0 saturated heterocycles. The van der Waals surface area contributed by atoms with Crippen molar-refractivity contribution in [2.45, 2.75) is 46.5 Å². The Balaban J connectivity index is 1.68. The highest BCUT2D eigenvalue weighted by atomic mass is 19.1. The average molecular weight is 377 g/mol. The van der Waals surface area contributed by atoms with Gasteiger partial charge in [0.15, 0.2) is 17.4 Å². The molecule has 1 aliphatic rings. The van der Waals surface area contributed by atoms with Gasteiger partial charge in [0, 0.05) is 11.3 Å². The van der Waals surface area contributed by atoms with Crippen molar-refractivity contribution in [2.24, 2.45) is 4.99 Å². The smallest absolute Gasteiger partial charge is 0.165 e. The lowest BCUT2D eigenvalue weighted by atomic mass is 9.93. The van der Waals surface area contributed by atoms with Gasteiger partial charge in [-0.25, -0.2) is 14.4 Å². The molecule has 0 bridgehead atoms. The van der Waals surface area contributed by atoms with Crippen LogP contribution in [0.25, 0.3) is 11.1 Å². The normalized spacial score (nSPS) is 12.5. The van der Waals surface area contributed by atoms with E-state index in [-0.39, 0.29) is 5.75 Å². The van der Waals surface area contributed by atoms with E-state index in [0.29, 0.717) is 6.42 Å². The molecule has 0 spiro atoms. The highest BCUT2D eigenvalue weighted by Gasteiger charge is 2.25. The Kier molecular flexibility index (Phi) is 4.75. The zero-order valence-corrected chi connectivity index (χ0v) is 16.4. The Bertz CT molecular complexity index is 1080. The van der Waals surface area contributed by atoms with Gasteiger partial charge in [-0.1, -0.05) is 33.3 Å². The van der Waals surface area contributed by atoms with Crippen LogP contribution < -0.4 is 0 Å². The van der Waals surface area contributed by atoms with Gasteiger partial charge in [-0.3, -0.25) is 0 Å². The molecular weight excluding hydrogens is 353 g/mol. The zero-order chi connectivity index (χ0) is 19.8. The predicted octanol–water partition coefficient (Wildman–Crippen LogP) is 5.48. The molecule has 2 heterocycles. The second kappa shape index (κ2) is 7.23. The Morgan fingerprint density at radius 1 is 1.04 bits per heavy atom. The van der Waals surface area contributed by atoms with Gasteiger partial charge in [0.05, 0.1) is 11.4 Å². The van der Waals surface area contributed by atoms with Crippen LogP contribution in [-0.2, 0) is 19.3 Å². The molecular formula is C23H24FN3O. The summed E-state index contributed by atoms with van der Waals surface area (Å²) in [5.74, 6) is -0.0899. The van der Waals surface area contributed by atoms with E-state index in [1.54, 1.807) is 0 Å². The number of imidazole rings is 1. The van der Waals surface area contributed by atoms with Crippen molar-refractivity contribution in [1.82, 2.24) is 9.97 Å². The number of aromatic nitrogens is 2. The summed E-state index contributed by atoms with van der Waals surface area (Å²) >= 11 is 0. The summed E-state index contributed by atoms with van der Waals surface area (Å²) in [6, 6.07) is 8.87. The van der Waals surface area contributed by atoms with Gasteiger partial charge in [0.25, 0.3) is 0 Å². The van der Waals surface area contributed by atoms with E-state index in [1.165, 1.54) is 17.8 Å². The van der Waals surface area contributed by atoms with E-state index in [0.717, 1.165) is 64.4 Å². The molecule has 2 aromatic carbocycles. The lowest BCUT2D eigenvalue weighted by Gasteiger charge is -2.19. The molecule has 5 heteroatoms. The molecule has 0 fully saturated rings. The van der Waals surface area contributed by atoms with E-state index >= 15 is 0 Å². The molecule has 0 atom stereocenters. The van der Waals surface area contributed by atoms with Crippen molar-refractivity contribution < 1.29 is 9.50 Å². The van der Waals surface area contributed by atoms with Gasteiger partial charge >= 0.3 is 0 Å². The minimum Gasteiger partial charge on any atom is -0.505 e. The lowest BCUT2D eigenvalue weighted by Crippen LogP contribution is -2.13. The summed E-state index contributed by atoms with van der Waals surface area (Å²) in [6.45, 7) is 6.27. The number of hydrogen-bond acceptors (Lipinski definition) is 3. The molecule has 0 amide bonds. The molecule has 1 aromatic heterocycles. The zero-order valence-electron chi connectivity index (χ0n) is 16.4. The van der Waals surface area contributed by atoms with Crippen LogP contribution in [0.15, 0.2) is 35.3 Å². The lowest BCUT2D eigenvalue weighted by molar-refractivity contribution is 0.432. The van der Waals surface area contributed by atoms with Crippen molar-refractivity contribution in [1.29, 1.82) is 0 Å². The van der Waals surface area contributed by atoms with Gasteiger partial charge in [-0.2, -0.15) is 0 Å². The number of rotatable bonds is 6. The van der Waals surface area contributed by atoms with Gasteiger partial charge < -0.3 is 10.1 Å². The minimum absolute atomic E-state index is 0.308. The van der Waals surface area contributed by atoms with Gasteiger partial charge in [-0.15, -0.1) is 0 Å². The molecule has 0 aliphatic carbocycles. The van der Waals surface area contributed by atoms with Crippen molar-refractivity contribution in [3.63, 3.8) is 0 Å². The fourth-order valence-corrected chi connectivity index (χ4v) is 3.77.